The van der Waals surface area contributed by atoms with Crippen molar-refractivity contribution in [1.29, 1.82) is 0 Å². The molecule has 120 valence electrons. The molecule has 1 aliphatic heterocycles. The Balaban J connectivity index is 1.91. The highest BCUT2D eigenvalue weighted by Gasteiger charge is 2.38. The monoisotopic (exact) mass is 347 g/mol. The summed E-state index contributed by atoms with van der Waals surface area (Å²) in [5.74, 6) is -1.01. The average Bonchev–Trinajstić information content (AvgIpc) is 2.87. The summed E-state index contributed by atoms with van der Waals surface area (Å²) in [5, 5.41) is 12.4. The first kappa shape index (κ1) is 16.9. The molecule has 2 rings (SSSR count). The predicted octanol–water partition coefficient (Wildman–Crippen LogP) is 2.12. The summed E-state index contributed by atoms with van der Waals surface area (Å²) in [4.78, 5) is 22.9. The Morgan fingerprint density at radius 3 is 2.73 bits per heavy atom. The first-order valence-corrected chi connectivity index (χ1v) is 7.34. The van der Waals surface area contributed by atoms with Gasteiger partial charge in [-0.15, -0.1) is 0 Å². The molecule has 1 heterocycles. The SMILES string of the molecule is O=C(O)CC1(NC(=O)COc2ccc(Cl)c(Cl)c2)CCOC1. The van der Waals surface area contributed by atoms with E-state index in [0.29, 0.717) is 28.8 Å². The Kier molecular flexibility index (Phi) is 5.50. The quantitative estimate of drug-likeness (QED) is 0.823. The van der Waals surface area contributed by atoms with Crippen LogP contribution in [0, 0.1) is 0 Å². The zero-order chi connectivity index (χ0) is 16.2. The second-order valence-electron chi connectivity index (χ2n) is 5.07. The molecule has 0 spiro atoms. The number of rotatable bonds is 6. The molecule has 8 heteroatoms. The van der Waals surface area contributed by atoms with Crippen LogP contribution in [0.25, 0.3) is 0 Å². The van der Waals surface area contributed by atoms with E-state index in [1.165, 1.54) is 6.07 Å². The number of carbonyl (C=O) groups is 2. The molecule has 0 bridgehead atoms. The van der Waals surface area contributed by atoms with Crippen LogP contribution in [0.2, 0.25) is 10.0 Å². The summed E-state index contributed by atoms with van der Waals surface area (Å²) in [6, 6.07) is 4.66. The fraction of sp³-hybridized carbons (Fsp3) is 0.429. The van der Waals surface area contributed by atoms with Crippen LogP contribution >= 0.6 is 23.2 Å². The van der Waals surface area contributed by atoms with E-state index >= 15 is 0 Å². The summed E-state index contributed by atoms with van der Waals surface area (Å²) in [6.45, 7) is 0.346. The third-order valence-electron chi connectivity index (χ3n) is 3.26. The van der Waals surface area contributed by atoms with Gasteiger partial charge in [-0.25, -0.2) is 0 Å². The molecule has 0 saturated carbocycles. The molecule has 1 amide bonds. The number of hydrogen-bond donors (Lipinski definition) is 2. The number of aliphatic carboxylic acids is 1. The number of benzene rings is 1. The number of hydrogen-bond acceptors (Lipinski definition) is 4. The van der Waals surface area contributed by atoms with E-state index in [9.17, 15) is 9.59 Å². The Hall–Kier alpha value is -1.50. The van der Waals surface area contributed by atoms with Crippen molar-refractivity contribution in [3.63, 3.8) is 0 Å². The highest BCUT2D eigenvalue weighted by molar-refractivity contribution is 6.42. The van der Waals surface area contributed by atoms with E-state index < -0.39 is 17.4 Å². The van der Waals surface area contributed by atoms with E-state index in [2.05, 4.69) is 5.32 Å². The fourth-order valence-corrected chi connectivity index (χ4v) is 2.51. The van der Waals surface area contributed by atoms with Crippen molar-refractivity contribution in [2.75, 3.05) is 19.8 Å². The van der Waals surface area contributed by atoms with Gasteiger partial charge in [-0.05, 0) is 18.6 Å². The zero-order valence-electron chi connectivity index (χ0n) is 11.6. The summed E-state index contributed by atoms with van der Waals surface area (Å²) in [5.41, 5.74) is -0.871. The van der Waals surface area contributed by atoms with Crippen LogP contribution in [0.3, 0.4) is 0 Å². The lowest BCUT2D eigenvalue weighted by atomic mass is 9.94. The van der Waals surface area contributed by atoms with Crippen LogP contribution in [0.4, 0.5) is 0 Å². The minimum Gasteiger partial charge on any atom is -0.484 e. The van der Waals surface area contributed by atoms with Gasteiger partial charge in [0.2, 0.25) is 0 Å². The Morgan fingerprint density at radius 2 is 2.14 bits per heavy atom. The molecule has 1 aromatic rings. The predicted molar refractivity (Wildman–Crippen MR) is 80.5 cm³/mol. The molecule has 0 aliphatic carbocycles. The average molecular weight is 348 g/mol. The number of carbonyl (C=O) groups excluding carboxylic acids is 1. The zero-order valence-corrected chi connectivity index (χ0v) is 13.1. The summed E-state index contributed by atoms with van der Waals surface area (Å²) < 4.78 is 10.5. The topological polar surface area (TPSA) is 84.9 Å². The molecule has 1 atom stereocenters. The molecule has 0 radical (unpaired) electrons. The molecule has 1 unspecified atom stereocenters. The lowest BCUT2D eigenvalue weighted by Crippen LogP contribution is -2.51. The molecule has 1 fully saturated rings. The maximum atomic E-state index is 12.0. The molecule has 1 aromatic carbocycles. The standard InChI is InChI=1S/C14H15Cl2NO5/c15-10-2-1-9(5-11(10)16)22-7-12(18)17-14(6-13(19)20)3-4-21-8-14/h1-2,5H,3-4,6-8H2,(H,17,18)(H,19,20). The van der Waals surface area contributed by atoms with Crippen LogP contribution in [0.15, 0.2) is 18.2 Å². The van der Waals surface area contributed by atoms with E-state index in [-0.39, 0.29) is 19.6 Å². The lowest BCUT2D eigenvalue weighted by molar-refractivity contribution is -0.139. The minimum atomic E-state index is -0.990. The van der Waals surface area contributed by atoms with Gasteiger partial charge in [0.1, 0.15) is 5.75 Å². The molecule has 1 saturated heterocycles. The third-order valence-corrected chi connectivity index (χ3v) is 4.00. The fourth-order valence-electron chi connectivity index (χ4n) is 2.23. The molecule has 0 aromatic heterocycles. The van der Waals surface area contributed by atoms with Crippen molar-refractivity contribution in [3.05, 3.63) is 28.2 Å². The highest BCUT2D eigenvalue weighted by atomic mass is 35.5. The maximum absolute atomic E-state index is 12.0. The summed E-state index contributed by atoms with van der Waals surface area (Å²) >= 11 is 11.6. The number of carboxylic acid groups (broad SMARTS) is 1. The van der Waals surface area contributed by atoms with E-state index in [1.54, 1.807) is 12.1 Å². The normalized spacial score (nSPS) is 20.6. The smallest absolute Gasteiger partial charge is 0.305 e. The summed E-state index contributed by atoms with van der Waals surface area (Å²) in [6.07, 6.45) is 0.267. The van der Waals surface area contributed by atoms with Crippen molar-refractivity contribution >= 4 is 35.1 Å². The minimum absolute atomic E-state index is 0.178. The van der Waals surface area contributed by atoms with E-state index in [0.717, 1.165) is 0 Å². The van der Waals surface area contributed by atoms with Crippen molar-refractivity contribution in [2.24, 2.45) is 0 Å². The van der Waals surface area contributed by atoms with Crippen molar-refractivity contribution < 1.29 is 24.2 Å². The van der Waals surface area contributed by atoms with Crippen LogP contribution in [-0.4, -0.2) is 42.3 Å². The Bertz CT molecular complexity index is 572. The Morgan fingerprint density at radius 1 is 1.36 bits per heavy atom. The maximum Gasteiger partial charge on any atom is 0.305 e. The van der Waals surface area contributed by atoms with Crippen LogP contribution in [0.5, 0.6) is 5.75 Å². The van der Waals surface area contributed by atoms with Gasteiger partial charge >= 0.3 is 5.97 Å². The van der Waals surface area contributed by atoms with E-state index in [1.807, 2.05) is 0 Å². The number of halogens is 2. The Labute approximate surface area is 137 Å². The lowest BCUT2D eigenvalue weighted by Gasteiger charge is -2.26. The van der Waals surface area contributed by atoms with Crippen molar-refractivity contribution in [1.82, 2.24) is 5.32 Å². The molecular weight excluding hydrogens is 333 g/mol. The van der Waals surface area contributed by atoms with Gasteiger partial charge in [0.15, 0.2) is 6.61 Å². The molecule has 1 aliphatic rings. The van der Waals surface area contributed by atoms with Crippen molar-refractivity contribution in [3.8, 4) is 5.75 Å². The van der Waals surface area contributed by atoms with Crippen molar-refractivity contribution in [2.45, 2.75) is 18.4 Å². The van der Waals surface area contributed by atoms with Gasteiger partial charge in [0.25, 0.3) is 5.91 Å². The second-order valence-corrected chi connectivity index (χ2v) is 5.88. The first-order valence-electron chi connectivity index (χ1n) is 6.59. The molecule has 2 N–H and O–H groups in total. The van der Waals surface area contributed by atoms with Gasteiger partial charge in [-0.2, -0.15) is 0 Å². The van der Waals surface area contributed by atoms with Crippen LogP contribution in [0.1, 0.15) is 12.8 Å². The molecular formula is C14H15Cl2NO5. The van der Waals surface area contributed by atoms with Gasteiger partial charge in [0, 0.05) is 12.7 Å². The van der Waals surface area contributed by atoms with Crippen LogP contribution in [-0.2, 0) is 14.3 Å². The number of amides is 1. The van der Waals surface area contributed by atoms with Gasteiger partial charge in [0.05, 0.1) is 28.6 Å². The van der Waals surface area contributed by atoms with E-state index in [4.69, 9.17) is 37.8 Å². The molecule has 6 nitrogen and oxygen atoms in total. The third kappa shape index (κ3) is 4.50. The van der Waals surface area contributed by atoms with Gasteiger partial charge in [-0.3, -0.25) is 9.59 Å². The van der Waals surface area contributed by atoms with Gasteiger partial charge < -0.3 is 19.9 Å². The van der Waals surface area contributed by atoms with Crippen LogP contribution < -0.4 is 10.1 Å². The second kappa shape index (κ2) is 7.17. The highest BCUT2D eigenvalue weighted by Crippen LogP contribution is 2.26. The summed E-state index contributed by atoms with van der Waals surface area (Å²) in [7, 11) is 0. The van der Waals surface area contributed by atoms with Gasteiger partial charge in [-0.1, -0.05) is 23.2 Å². The molecule has 22 heavy (non-hydrogen) atoms. The number of ether oxygens (including phenoxy) is 2. The largest absolute Gasteiger partial charge is 0.484 e. The first-order chi connectivity index (χ1) is 10.4. The number of nitrogens with one attached hydrogen (secondary N) is 1. The number of carboxylic acids is 1.